The molecule has 20 heavy (non-hydrogen) atoms. The molecule has 1 fully saturated rings. The molecule has 1 aromatic rings. The van der Waals surface area contributed by atoms with E-state index in [0.29, 0.717) is 13.2 Å². The SMILES string of the molecule is CCN1CCOC(CNC(=O)c2cc(O)cc(O)c2)C1. The van der Waals surface area contributed by atoms with Gasteiger partial charge in [0.25, 0.3) is 5.91 Å². The summed E-state index contributed by atoms with van der Waals surface area (Å²) in [6.07, 6.45) is -0.0291. The zero-order valence-electron chi connectivity index (χ0n) is 11.5. The van der Waals surface area contributed by atoms with Crippen LogP contribution < -0.4 is 5.32 Å². The molecular formula is C14H20N2O4. The number of ether oxygens (including phenoxy) is 1. The summed E-state index contributed by atoms with van der Waals surface area (Å²) in [4.78, 5) is 14.2. The average molecular weight is 280 g/mol. The number of hydrogen-bond acceptors (Lipinski definition) is 5. The van der Waals surface area contributed by atoms with Crippen LogP contribution in [0.5, 0.6) is 11.5 Å². The summed E-state index contributed by atoms with van der Waals surface area (Å²) in [5.41, 5.74) is 0.227. The first-order chi connectivity index (χ1) is 9.58. The molecule has 0 spiro atoms. The molecule has 0 bridgehead atoms. The lowest BCUT2D eigenvalue weighted by Crippen LogP contribution is -2.47. The van der Waals surface area contributed by atoms with E-state index in [0.717, 1.165) is 19.6 Å². The lowest BCUT2D eigenvalue weighted by molar-refractivity contribution is -0.0246. The van der Waals surface area contributed by atoms with E-state index in [9.17, 15) is 15.0 Å². The van der Waals surface area contributed by atoms with E-state index >= 15 is 0 Å². The van der Waals surface area contributed by atoms with Gasteiger partial charge in [-0.1, -0.05) is 6.92 Å². The first kappa shape index (κ1) is 14.6. The maximum atomic E-state index is 11.9. The van der Waals surface area contributed by atoms with Gasteiger partial charge in [-0.2, -0.15) is 0 Å². The minimum absolute atomic E-state index is 0.0291. The van der Waals surface area contributed by atoms with Gasteiger partial charge >= 0.3 is 0 Å². The second-order valence-electron chi connectivity index (χ2n) is 4.83. The molecule has 0 aliphatic carbocycles. The minimum Gasteiger partial charge on any atom is -0.508 e. The second-order valence-corrected chi connectivity index (χ2v) is 4.83. The van der Waals surface area contributed by atoms with Crippen molar-refractivity contribution in [2.45, 2.75) is 13.0 Å². The van der Waals surface area contributed by atoms with E-state index in [1.165, 1.54) is 18.2 Å². The van der Waals surface area contributed by atoms with Crippen LogP contribution in [-0.2, 0) is 4.74 Å². The first-order valence-electron chi connectivity index (χ1n) is 6.73. The van der Waals surface area contributed by atoms with Crippen molar-refractivity contribution in [1.82, 2.24) is 10.2 Å². The van der Waals surface area contributed by atoms with Gasteiger partial charge in [-0.3, -0.25) is 9.69 Å². The molecular weight excluding hydrogens is 260 g/mol. The van der Waals surface area contributed by atoms with Gasteiger partial charge in [0.15, 0.2) is 0 Å². The van der Waals surface area contributed by atoms with E-state index in [1.54, 1.807) is 0 Å². The number of amides is 1. The lowest BCUT2D eigenvalue weighted by Gasteiger charge is -2.32. The third kappa shape index (κ3) is 3.85. The highest BCUT2D eigenvalue weighted by Gasteiger charge is 2.20. The number of carbonyl (C=O) groups excluding carboxylic acids is 1. The van der Waals surface area contributed by atoms with Crippen LogP contribution in [0.25, 0.3) is 0 Å². The number of nitrogens with one attached hydrogen (secondary N) is 1. The van der Waals surface area contributed by atoms with Gasteiger partial charge in [0.2, 0.25) is 0 Å². The van der Waals surface area contributed by atoms with E-state index in [-0.39, 0.29) is 29.1 Å². The number of aromatic hydroxyl groups is 2. The highest BCUT2D eigenvalue weighted by molar-refractivity contribution is 5.95. The zero-order valence-corrected chi connectivity index (χ0v) is 11.5. The molecule has 1 amide bonds. The zero-order chi connectivity index (χ0) is 14.5. The minimum atomic E-state index is -0.339. The van der Waals surface area contributed by atoms with Gasteiger partial charge in [-0.25, -0.2) is 0 Å². The van der Waals surface area contributed by atoms with Crippen molar-refractivity contribution in [3.63, 3.8) is 0 Å². The Bertz CT molecular complexity index is 458. The summed E-state index contributed by atoms with van der Waals surface area (Å²) < 4.78 is 5.59. The standard InChI is InChI=1S/C14H20N2O4/c1-2-16-3-4-20-13(9-16)8-15-14(19)10-5-11(17)7-12(18)6-10/h5-7,13,17-18H,2-4,8-9H2,1H3,(H,15,19). The van der Waals surface area contributed by atoms with Crippen molar-refractivity contribution in [1.29, 1.82) is 0 Å². The van der Waals surface area contributed by atoms with Crippen LogP contribution in [0.15, 0.2) is 18.2 Å². The fraction of sp³-hybridized carbons (Fsp3) is 0.500. The quantitative estimate of drug-likeness (QED) is 0.750. The maximum Gasteiger partial charge on any atom is 0.251 e. The number of phenols is 2. The number of rotatable bonds is 4. The molecule has 1 unspecified atom stereocenters. The Morgan fingerprint density at radius 3 is 2.75 bits per heavy atom. The molecule has 0 saturated carbocycles. The molecule has 1 aliphatic heterocycles. The van der Waals surface area contributed by atoms with E-state index in [4.69, 9.17) is 4.74 Å². The molecule has 6 nitrogen and oxygen atoms in total. The van der Waals surface area contributed by atoms with Gasteiger partial charge in [0.1, 0.15) is 11.5 Å². The Hall–Kier alpha value is -1.79. The van der Waals surface area contributed by atoms with Crippen LogP contribution in [0, 0.1) is 0 Å². The van der Waals surface area contributed by atoms with Gasteiger partial charge in [-0.05, 0) is 18.7 Å². The second kappa shape index (κ2) is 6.58. The predicted octanol–water partition coefficient (Wildman–Crippen LogP) is 0.548. The summed E-state index contributed by atoms with van der Waals surface area (Å²) in [5.74, 6) is -0.615. The number of phenolic OH excluding ortho intramolecular Hbond substituents is 2. The normalized spacial score (nSPS) is 19.8. The van der Waals surface area contributed by atoms with Crippen LogP contribution in [0.2, 0.25) is 0 Å². The van der Waals surface area contributed by atoms with Gasteiger partial charge in [0, 0.05) is 31.3 Å². The summed E-state index contributed by atoms with van der Waals surface area (Å²) in [5, 5.41) is 21.5. The van der Waals surface area contributed by atoms with Crippen molar-refractivity contribution in [3.8, 4) is 11.5 Å². The molecule has 6 heteroatoms. The van der Waals surface area contributed by atoms with Crippen LogP contribution >= 0.6 is 0 Å². The van der Waals surface area contributed by atoms with Crippen molar-refractivity contribution in [3.05, 3.63) is 23.8 Å². The van der Waals surface area contributed by atoms with Crippen LogP contribution in [0.1, 0.15) is 17.3 Å². The van der Waals surface area contributed by atoms with Gasteiger partial charge in [0.05, 0.1) is 12.7 Å². The Labute approximate surface area is 118 Å². The topological polar surface area (TPSA) is 82.0 Å². The Morgan fingerprint density at radius 2 is 2.10 bits per heavy atom. The molecule has 110 valence electrons. The molecule has 1 aromatic carbocycles. The van der Waals surface area contributed by atoms with E-state index in [2.05, 4.69) is 17.1 Å². The average Bonchev–Trinajstić information content (AvgIpc) is 2.44. The molecule has 1 saturated heterocycles. The van der Waals surface area contributed by atoms with Crippen molar-refractivity contribution >= 4 is 5.91 Å². The molecule has 2 rings (SSSR count). The summed E-state index contributed by atoms with van der Waals surface area (Å²) in [7, 11) is 0. The molecule has 3 N–H and O–H groups in total. The maximum absolute atomic E-state index is 11.9. The first-order valence-corrected chi connectivity index (χ1v) is 6.73. The van der Waals surface area contributed by atoms with Crippen LogP contribution in [-0.4, -0.2) is 59.9 Å². The van der Waals surface area contributed by atoms with Gasteiger partial charge in [-0.15, -0.1) is 0 Å². The Morgan fingerprint density at radius 1 is 1.40 bits per heavy atom. The molecule has 1 aliphatic rings. The number of benzene rings is 1. The lowest BCUT2D eigenvalue weighted by atomic mass is 10.2. The van der Waals surface area contributed by atoms with Gasteiger partial charge < -0.3 is 20.3 Å². The molecule has 1 heterocycles. The van der Waals surface area contributed by atoms with Crippen molar-refractivity contribution < 1.29 is 19.7 Å². The predicted molar refractivity (Wildman–Crippen MR) is 74.0 cm³/mol. The summed E-state index contributed by atoms with van der Waals surface area (Å²) in [6, 6.07) is 3.81. The number of likely N-dealkylation sites (N-methyl/N-ethyl adjacent to an activating group) is 1. The Kier molecular flexibility index (Phi) is 4.81. The largest absolute Gasteiger partial charge is 0.508 e. The summed E-state index contributed by atoms with van der Waals surface area (Å²) in [6.45, 7) is 5.85. The summed E-state index contributed by atoms with van der Waals surface area (Å²) >= 11 is 0. The number of nitrogens with zero attached hydrogens (tertiary/aromatic N) is 1. The third-order valence-corrected chi connectivity index (χ3v) is 3.33. The molecule has 0 radical (unpaired) electrons. The third-order valence-electron chi connectivity index (χ3n) is 3.33. The fourth-order valence-electron chi connectivity index (χ4n) is 2.23. The van der Waals surface area contributed by atoms with Crippen LogP contribution in [0.4, 0.5) is 0 Å². The van der Waals surface area contributed by atoms with Crippen molar-refractivity contribution in [2.24, 2.45) is 0 Å². The molecule has 1 atom stereocenters. The molecule has 0 aromatic heterocycles. The highest BCUT2D eigenvalue weighted by Crippen LogP contribution is 2.20. The Balaban J connectivity index is 1.88. The van der Waals surface area contributed by atoms with Crippen molar-refractivity contribution in [2.75, 3.05) is 32.8 Å². The number of hydrogen-bond donors (Lipinski definition) is 3. The van der Waals surface area contributed by atoms with E-state index in [1.807, 2.05) is 0 Å². The number of morpholine rings is 1. The smallest absolute Gasteiger partial charge is 0.251 e. The van der Waals surface area contributed by atoms with Crippen LogP contribution in [0.3, 0.4) is 0 Å². The highest BCUT2D eigenvalue weighted by atomic mass is 16.5. The van der Waals surface area contributed by atoms with E-state index < -0.39 is 0 Å². The monoisotopic (exact) mass is 280 g/mol. The fourth-order valence-corrected chi connectivity index (χ4v) is 2.23. The number of carbonyl (C=O) groups is 1.